The molecule has 0 aliphatic heterocycles. The van der Waals surface area contributed by atoms with Crippen LogP contribution in [0.25, 0.3) is 0 Å². The Balaban J connectivity index is 2.66. The van der Waals surface area contributed by atoms with Crippen molar-refractivity contribution in [3.63, 3.8) is 0 Å². The molecule has 0 bridgehead atoms. The van der Waals surface area contributed by atoms with Crippen LogP contribution in [0, 0.1) is 0 Å². The smallest absolute Gasteiger partial charge is 0.240 e. The van der Waals surface area contributed by atoms with Crippen molar-refractivity contribution in [3.8, 4) is 0 Å². The monoisotopic (exact) mass is 299 g/mol. The van der Waals surface area contributed by atoms with Gasteiger partial charge < -0.3 is 10.2 Å². The van der Waals surface area contributed by atoms with Crippen molar-refractivity contribution in [2.75, 3.05) is 27.2 Å². The van der Waals surface area contributed by atoms with Gasteiger partial charge in [0, 0.05) is 25.7 Å². The number of nitrogens with one attached hydrogen (secondary N) is 2. The minimum Gasteiger partial charge on any atom is -0.316 e. The third-order valence-corrected chi connectivity index (χ3v) is 4.69. The first-order valence-electron chi connectivity index (χ1n) is 6.80. The SMILES string of the molecule is CNCc1cccc(S(=O)(=O)NCCN(C)C(C)C)c1. The van der Waals surface area contributed by atoms with Gasteiger partial charge in [-0.25, -0.2) is 13.1 Å². The topological polar surface area (TPSA) is 61.4 Å². The van der Waals surface area contributed by atoms with Gasteiger partial charge in [-0.3, -0.25) is 0 Å². The molecule has 0 saturated carbocycles. The van der Waals surface area contributed by atoms with E-state index < -0.39 is 10.0 Å². The van der Waals surface area contributed by atoms with Crippen molar-refractivity contribution < 1.29 is 8.42 Å². The number of hydrogen-bond donors (Lipinski definition) is 2. The van der Waals surface area contributed by atoms with E-state index in [1.165, 1.54) is 0 Å². The van der Waals surface area contributed by atoms with E-state index in [1.807, 2.05) is 20.2 Å². The van der Waals surface area contributed by atoms with Crippen LogP contribution >= 0.6 is 0 Å². The van der Waals surface area contributed by atoms with Gasteiger partial charge in [0.2, 0.25) is 10.0 Å². The van der Waals surface area contributed by atoms with Crippen LogP contribution in [0.5, 0.6) is 0 Å². The number of benzene rings is 1. The van der Waals surface area contributed by atoms with Gasteiger partial charge >= 0.3 is 0 Å². The molecule has 0 amide bonds. The van der Waals surface area contributed by atoms with Crippen molar-refractivity contribution in [1.29, 1.82) is 0 Å². The molecule has 0 heterocycles. The second-order valence-corrected chi connectivity index (χ2v) is 6.92. The third kappa shape index (κ3) is 5.20. The first-order valence-corrected chi connectivity index (χ1v) is 8.28. The number of rotatable bonds is 8. The van der Waals surface area contributed by atoms with Gasteiger partial charge in [-0.1, -0.05) is 12.1 Å². The van der Waals surface area contributed by atoms with Crippen LogP contribution in [0.15, 0.2) is 29.2 Å². The average molecular weight is 299 g/mol. The maximum atomic E-state index is 12.2. The van der Waals surface area contributed by atoms with Gasteiger partial charge in [-0.15, -0.1) is 0 Å². The highest BCUT2D eigenvalue weighted by atomic mass is 32.2. The fraction of sp³-hybridized carbons (Fsp3) is 0.571. The van der Waals surface area contributed by atoms with Gasteiger partial charge in [-0.05, 0) is 45.6 Å². The molecule has 6 heteroatoms. The summed E-state index contributed by atoms with van der Waals surface area (Å²) in [7, 11) is 0.386. The van der Waals surface area contributed by atoms with E-state index >= 15 is 0 Å². The Morgan fingerprint density at radius 1 is 1.30 bits per heavy atom. The van der Waals surface area contributed by atoms with Gasteiger partial charge in [0.15, 0.2) is 0 Å². The molecule has 0 spiro atoms. The van der Waals surface area contributed by atoms with E-state index in [2.05, 4.69) is 28.8 Å². The van der Waals surface area contributed by atoms with Crippen molar-refractivity contribution in [3.05, 3.63) is 29.8 Å². The summed E-state index contributed by atoms with van der Waals surface area (Å²) in [5.41, 5.74) is 0.953. The van der Waals surface area contributed by atoms with Crippen LogP contribution in [0.1, 0.15) is 19.4 Å². The van der Waals surface area contributed by atoms with E-state index in [-0.39, 0.29) is 0 Å². The van der Waals surface area contributed by atoms with Crippen molar-refractivity contribution in [1.82, 2.24) is 14.9 Å². The summed E-state index contributed by atoms with van der Waals surface area (Å²) >= 11 is 0. The lowest BCUT2D eigenvalue weighted by atomic mass is 10.2. The van der Waals surface area contributed by atoms with Crippen LogP contribution in [-0.4, -0.2) is 46.5 Å². The van der Waals surface area contributed by atoms with E-state index in [1.54, 1.807) is 18.2 Å². The quantitative estimate of drug-likeness (QED) is 0.752. The summed E-state index contributed by atoms with van der Waals surface area (Å²) in [6, 6.07) is 7.39. The molecule has 1 rings (SSSR count). The molecule has 0 unspecified atom stereocenters. The van der Waals surface area contributed by atoms with Crippen molar-refractivity contribution in [2.45, 2.75) is 31.3 Å². The first-order chi connectivity index (χ1) is 9.36. The highest BCUT2D eigenvalue weighted by Crippen LogP contribution is 2.11. The number of sulfonamides is 1. The number of hydrogen-bond acceptors (Lipinski definition) is 4. The van der Waals surface area contributed by atoms with Gasteiger partial charge in [0.05, 0.1) is 4.90 Å². The van der Waals surface area contributed by atoms with E-state index in [9.17, 15) is 8.42 Å². The Morgan fingerprint density at radius 2 is 2.00 bits per heavy atom. The fourth-order valence-electron chi connectivity index (χ4n) is 1.72. The zero-order valence-electron chi connectivity index (χ0n) is 12.7. The van der Waals surface area contributed by atoms with Crippen molar-refractivity contribution >= 4 is 10.0 Å². The lowest BCUT2D eigenvalue weighted by Gasteiger charge is -2.20. The van der Waals surface area contributed by atoms with Gasteiger partial charge in [-0.2, -0.15) is 0 Å². The lowest BCUT2D eigenvalue weighted by molar-refractivity contribution is 0.278. The number of nitrogens with zero attached hydrogens (tertiary/aromatic N) is 1. The molecule has 0 aliphatic rings. The molecule has 0 atom stereocenters. The highest BCUT2D eigenvalue weighted by Gasteiger charge is 2.14. The van der Waals surface area contributed by atoms with E-state index in [0.717, 1.165) is 5.56 Å². The van der Waals surface area contributed by atoms with Crippen LogP contribution in [-0.2, 0) is 16.6 Å². The molecule has 0 fully saturated rings. The third-order valence-electron chi connectivity index (χ3n) is 3.23. The number of likely N-dealkylation sites (N-methyl/N-ethyl adjacent to an activating group) is 1. The Hall–Kier alpha value is -0.950. The van der Waals surface area contributed by atoms with E-state index in [0.29, 0.717) is 30.6 Å². The van der Waals surface area contributed by atoms with Crippen LogP contribution < -0.4 is 10.0 Å². The molecule has 0 saturated heterocycles. The summed E-state index contributed by atoms with van der Waals surface area (Å²) in [6.45, 7) is 5.91. The summed E-state index contributed by atoms with van der Waals surface area (Å²) in [6.07, 6.45) is 0. The molecule has 5 nitrogen and oxygen atoms in total. The molecule has 20 heavy (non-hydrogen) atoms. The van der Waals surface area contributed by atoms with Crippen LogP contribution in [0.2, 0.25) is 0 Å². The molecule has 114 valence electrons. The molecule has 1 aromatic carbocycles. The summed E-state index contributed by atoms with van der Waals surface area (Å²) in [4.78, 5) is 2.41. The largest absolute Gasteiger partial charge is 0.316 e. The van der Waals surface area contributed by atoms with Crippen LogP contribution in [0.4, 0.5) is 0 Å². The lowest BCUT2D eigenvalue weighted by Crippen LogP contribution is -2.36. The Morgan fingerprint density at radius 3 is 2.60 bits per heavy atom. The predicted molar refractivity (Wildman–Crippen MR) is 82.2 cm³/mol. The predicted octanol–water partition coefficient (Wildman–Crippen LogP) is 1.02. The maximum Gasteiger partial charge on any atom is 0.240 e. The van der Waals surface area contributed by atoms with Gasteiger partial charge in [0.25, 0.3) is 0 Å². The van der Waals surface area contributed by atoms with Crippen LogP contribution in [0.3, 0.4) is 0 Å². The molecular weight excluding hydrogens is 274 g/mol. The zero-order valence-corrected chi connectivity index (χ0v) is 13.5. The highest BCUT2D eigenvalue weighted by molar-refractivity contribution is 7.89. The molecule has 0 aliphatic carbocycles. The molecular formula is C14H25N3O2S. The van der Waals surface area contributed by atoms with Crippen molar-refractivity contribution in [2.24, 2.45) is 0 Å². The Bertz CT molecular complexity index is 515. The second kappa shape index (κ2) is 7.73. The second-order valence-electron chi connectivity index (χ2n) is 5.15. The zero-order chi connectivity index (χ0) is 15.2. The minimum absolute atomic E-state index is 0.317. The summed E-state index contributed by atoms with van der Waals surface area (Å²) in [5, 5.41) is 3.01. The fourth-order valence-corrected chi connectivity index (χ4v) is 2.82. The molecule has 1 aromatic rings. The molecule has 2 N–H and O–H groups in total. The molecule has 0 radical (unpaired) electrons. The van der Waals surface area contributed by atoms with Gasteiger partial charge in [0.1, 0.15) is 0 Å². The first kappa shape index (κ1) is 17.1. The minimum atomic E-state index is -3.43. The summed E-state index contributed by atoms with van der Waals surface area (Å²) in [5.74, 6) is 0. The average Bonchev–Trinajstić information content (AvgIpc) is 2.39. The maximum absolute atomic E-state index is 12.2. The summed E-state index contributed by atoms with van der Waals surface area (Å²) < 4.78 is 27.0. The molecule has 0 aromatic heterocycles. The standard InChI is InChI=1S/C14H25N3O2S/c1-12(2)17(4)9-8-16-20(18,19)14-7-5-6-13(10-14)11-15-3/h5-7,10,12,15-16H,8-9,11H2,1-4H3. The Kier molecular flexibility index (Phi) is 6.61. The van der Waals surface area contributed by atoms with E-state index in [4.69, 9.17) is 0 Å². The normalized spacial score (nSPS) is 12.3. The Labute approximate surface area is 122 Å².